The molecule has 0 radical (unpaired) electrons. The molecule has 1 N–H and O–H groups in total. The number of hydrogen-bond acceptors (Lipinski definition) is 4. The molecule has 2 aromatic carbocycles. The zero-order valence-corrected chi connectivity index (χ0v) is 17.6. The summed E-state index contributed by atoms with van der Waals surface area (Å²) in [5, 5.41) is 2.64. The molecule has 1 saturated carbocycles. The van der Waals surface area contributed by atoms with Gasteiger partial charge in [0.1, 0.15) is 11.6 Å². The van der Waals surface area contributed by atoms with Gasteiger partial charge in [-0.1, -0.05) is 18.2 Å². The van der Waals surface area contributed by atoms with Gasteiger partial charge in [0.2, 0.25) is 11.8 Å². The van der Waals surface area contributed by atoms with Gasteiger partial charge in [-0.25, -0.2) is 4.39 Å². The van der Waals surface area contributed by atoms with Crippen molar-refractivity contribution in [2.24, 2.45) is 5.92 Å². The third-order valence-corrected chi connectivity index (χ3v) is 5.84. The number of piperazine rings is 1. The normalized spacial score (nSPS) is 20.9. The monoisotopic (exact) mass is 465 g/mol. The van der Waals surface area contributed by atoms with Crippen molar-refractivity contribution in [3.8, 4) is 5.75 Å². The second kappa shape index (κ2) is 9.38. The predicted molar refractivity (Wildman–Crippen MR) is 112 cm³/mol. The Labute approximate surface area is 188 Å². The maximum atomic E-state index is 14.0. The number of halogens is 4. The van der Waals surface area contributed by atoms with Crippen LogP contribution in [0.5, 0.6) is 5.75 Å². The van der Waals surface area contributed by atoms with E-state index in [2.05, 4.69) is 10.1 Å². The molecular weight excluding hydrogens is 442 g/mol. The summed E-state index contributed by atoms with van der Waals surface area (Å²) in [7, 11) is 0. The number of nitrogens with zero attached hydrogens (tertiary/aromatic N) is 2. The fraction of sp³-hybridized carbons (Fsp3) is 0.391. The number of hydrogen-bond donors (Lipinski definition) is 1. The van der Waals surface area contributed by atoms with Gasteiger partial charge in [0.25, 0.3) is 0 Å². The lowest BCUT2D eigenvalue weighted by Crippen LogP contribution is -2.51. The SMILES string of the molecule is O=C(CN1CCN(C(=O)C2CC2c2ccccc2F)CC1)Nc1ccc(OC(F)(F)F)cc1. The zero-order valence-electron chi connectivity index (χ0n) is 17.6. The number of carbonyl (C=O) groups excluding carboxylic acids is 2. The molecule has 0 aromatic heterocycles. The maximum absolute atomic E-state index is 14.0. The van der Waals surface area contributed by atoms with Crippen LogP contribution < -0.4 is 10.1 Å². The predicted octanol–water partition coefficient (Wildman–Crippen LogP) is 3.61. The molecule has 2 fully saturated rings. The standard InChI is InChI=1S/C23H23F4N3O3/c24-20-4-2-1-3-17(20)18-13-19(18)22(32)30-11-9-29(10-12-30)14-21(31)28-15-5-7-16(8-6-15)33-23(25,26)27/h1-8,18-19H,9-14H2,(H,28,31). The van der Waals surface area contributed by atoms with E-state index in [-0.39, 0.29) is 41.8 Å². The molecule has 1 heterocycles. The molecule has 2 unspecified atom stereocenters. The maximum Gasteiger partial charge on any atom is 0.573 e. The van der Waals surface area contributed by atoms with Crippen LogP contribution >= 0.6 is 0 Å². The molecule has 2 aliphatic rings. The van der Waals surface area contributed by atoms with Crippen molar-refractivity contribution in [3.63, 3.8) is 0 Å². The summed E-state index contributed by atoms with van der Waals surface area (Å²) >= 11 is 0. The Morgan fingerprint density at radius 3 is 2.30 bits per heavy atom. The van der Waals surface area contributed by atoms with Gasteiger partial charge in [-0.3, -0.25) is 14.5 Å². The molecule has 1 aliphatic heterocycles. The highest BCUT2D eigenvalue weighted by atomic mass is 19.4. The van der Waals surface area contributed by atoms with Crippen LogP contribution in [0.25, 0.3) is 0 Å². The fourth-order valence-corrected chi connectivity index (χ4v) is 4.09. The fourth-order valence-electron chi connectivity index (χ4n) is 4.09. The van der Waals surface area contributed by atoms with Gasteiger partial charge in [0, 0.05) is 37.8 Å². The first-order valence-electron chi connectivity index (χ1n) is 10.6. The first-order chi connectivity index (χ1) is 15.7. The molecule has 0 spiro atoms. The summed E-state index contributed by atoms with van der Waals surface area (Å²) in [6.07, 6.45) is -4.12. The molecule has 2 aromatic rings. The molecule has 4 rings (SSSR count). The molecular formula is C23H23F4N3O3. The quantitative estimate of drug-likeness (QED) is 0.663. The van der Waals surface area contributed by atoms with Crippen LogP contribution in [0.4, 0.5) is 23.2 Å². The van der Waals surface area contributed by atoms with Crippen LogP contribution in [0.1, 0.15) is 17.9 Å². The number of amides is 2. The summed E-state index contributed by atoms with van der Waals surface area (Å²) in [6.45, 7) is 2.11. The van der Waals surface area contributed by atoms with Crippen molar-refractivity contribution in [1.29, 1.82) is 0 Å². The Bertz CT molecular complexity index is 1000. The largest absolute Gasteiger partial charge is 0.573 e. The first-order valence-corrected chi connectivity index (χ1v) is 10.6. The van der Waals surface area contributed by atoms with E-state index in [0.29, 0.717) is 43.9 Å². The van der Waals surface area contributed by atoms with Crippen molar-refractivity contribution in [3.05, 3.63) is 59.9 Å². The molecule has 2 amide bonds. The highest BCUT2D eigenvalue weighted by Crippen LogP contribution is 2.49. The van der Waals surface area contributed by atoms with Crippen LogP contribution in [0, 0.1) is 11.7 Å². The minimum absolute atomic E-state index is 0.0218. The van der Waals surface area contributed by atoms with Crippen molar-refractivity contribution >= 4 is 17.5 Å². The van der Waals surface area contributed by atoms with Crippen LogP contribution in [0.15, 0.2) is 48.5 Å². The Morgan fingerprint density at radius 1 is 1.00 bits per heavy atom. The van der Waals surface area contributed by atoms with Crippen molar-refractivity contribution in [1.82, 2.24) is 9.80 Å². The van der Waals surface area contributed by atoms with Gasteiger partial charge < -0.3 is 15.0 Å². The molecule has 1 saturated heterocycles. The van der Waals surface area contributed by atoms with Gasteiger partial charge in [0.15, 0.2) is 0 Å². The summed E-state index contributed by atoms with van der Waals surface area (Å²) in [5.41, 5.74) is 0.945. The summed E-state index contributed by atoms with van der Waals surface area (Å²) < 4.78 is 54.4. The zero-order chi connectivity index (χ0) is 23.6. The van der Waals surface area contributed by atoms with E-state index < -0.39 is 6.36 Å². The highest BCUT2D eigenvalue weighted by Gasteiger charge is 2.47. The lowest BCUT2D eigenvalue weighted by atomic mass is 10.1. The van der Waals surface area contributed by atoms with Gasteiger partial charge in [-0.05, 0) is 48.2 Å². The lowest BCUT2D eigenvalue weighted by Gasteiger charge is -2.34. The Hall–Kier alpha value is -3.14. The number of carbonyl (C=O) groups is 2. The lowest BCUT2D eigenvalue weighted by molar-refractivity contribution is -0.274. The Kier molecular flexibility index (Phi) is 6.55. The molecule has 176 valence electrons. The summed E-state index contributed by atoms with van der Waals surface area (Å²) in [4.78, 5) is 28.7. The molecule has 10 heteroatoms. The van der Waals surface area contributed by atoms with Crippen LogP contribution in [-0.4, -0.2) is 60.7 Å². The van der Waals surface area contributed by atoms with E-state index in [0.717, 1.165) is 12.1 Å². The molecule has 2 atom stereocenters. The third-order valence-electron chi connectivity index (χ3n) is 5.84. The summed E-state index contributed by atoms with van der Waals surface area (Å²) in [6, 6.07) is 11.4. The van der Waals surface area contributed by atoms with Gasteiger partial charge in [-0.15, -0.1) is 13.2 Å². The highest BCUT2D eigenvalue weighted by molar-refractivity contribution is 5.92. The van der Waals surface area contributed by atoms with E-state index in [9.17, 15) is 27.2 Å². The molecule has 6 nitrogen and oxygen atoms in total. The van der Waals surface area contributed by atoms with E-state index in [1.54, 1.807) is 23.1 Å². The number of benzene rings is 2. The van der Waals surface area contributed by atoms with Gasteiger partial charge in [0.05, 0.1) is 6.54 Å². The minimum atomic E-state index is -4.77. The second-order valence-corrected chi connectivity index (χ2v) is 8.19. The molecule has 0 bridgehead atoms. The topological polar surface area (TPSA) is 61.9 Å². The number of alkyl halides is 3. The molecule has 1 aliphatic carbocycles. The average Bonchev–Trinajstić information content (AvgIpc) is 3.55. The minimum Gasteiger partial charge on any atom is -0.406 e. The van der Waals surface area contributed by atoms with Crippen LogP contribution in [0.3, 0.4) is 0 Å². The molecule has 33 heavy (non-hydrogen) atoms. The van der Waals surface area contributed by atoms with E-state index in [1.165, 1.54) is 18.2 Å². The number of ether oxygens (including phenoxy) is 1. The van der Waals surface area contributed by atoms with Crippen molar-refractivity contribution in [2.45, 2.75) is 18.7 Å². The second-order valence-electron chi connectivity index (χ2n) is 8.19. The Balaban J connectivity index is 1.21. The van der Waals surface area contributed by atoms with Gasteiger partial charge >= 0.3 is 6.36 Å². The van der Waals surface area contributed by atoms with Crippen molar-refractivity contribution in [2.75, 3.05) is 38.0 Å². The number of anilines is 1. The number of nitrogens with one attached hydrogen (secondary N) is 1. The van der Waals surface area contributed by atoms with Crippen molar-refractivity contribution < 1.29 is 31.9 Å². The van der Waals surface area contributed by atoms with Gasteiger partial charge in [-0.2, -0.15) is 0 Å². The van der Waals surface area contributed by atoms with E-state index in [1.807, 2.05) is 4.90 Å². The Morgan fingerprint density at radius 2 is 1.67 bits per heavy atom. The van der Waals surface area contributed by atoms with E-state index >= 15 is 0 Å². The number of rotatable bonds is 6. The smallest absolute Gasteiger partial charge is 0.406 e. The third kappa shape index (κ3) is 6.01. The average molecular weight is 465 g/mol. The summed E-state index contributed by atoms with van der Waals surface area (Å²) in [5.74, 6) is -1.20. The van der Waals surface area contributed by atoms with Crippen LogP contribution in [0.2, 0.25) is 0 Å². The van der Waals surface area contributed by atoms with Crippen LogP contribution in [-0.2, 0) is 9.59 Å². The first kappa shape index (κ1) is 23.0. The van der Waals surface area contributed by atoms with E-state index in [4.69, 9.17) is 0 Å².